The number of ether oxygens (including phenoxy) is 2. The van der Waals surface area contributed by atoms with Crippen molar-refractivity contribution < 1.29 is 19.1 Å². The lowest BCUT2D eigenvalue weighted by molar-refractivity contribution is -0.124. The van der Waals surface area contributed by atoms with Gasteiger partial charge in [0.25, 0.3) is 0 Å². The van der Waals surface area contributed by atoms with Crippen molar-refractivity contribution in [3.8, 4) is 11.5 Å². The largest absolute Gasteiger partial charge is 0.490 e. The summed E-state index contributed by atoms with van der Waals surface area (Å²) in [5.41, 5.74) is 6.97. The minimum absolute atomic E-state index is 0.0186. The molecule has 0 saturated carbocycles. The van der Waals surface area contributed by atoms with E-state index in [2.05, 4.69) is 47.7 Å². The van der Waals surface area contributed by atoms with Crippen molar-refractivity contribution in [2.24, 2.45) is 5.10 Å². The van der Waals surface area contributed by atoms with Crippen LogP contribution in [0.3, 0.4) is 0 Å². The van der Waals surface area contributed by atoms with Crippen molar-refractivity contribution in [3.05, 3.63) is 85.8 Å². The van der Waals surface area contributed by atoms with Crippen LogP contribution in [0, 0.1) is 13.8 Å². The Balaban J connectivity index is 1.54. The second-order valence-electron chi connectivity index (χ2n) is 8.34. The molecule has 0 aliphatic carbocycles. The number of hydrogen-bond donors (Lipinski definition) is 2. The average molecular weight is 631 g/mol. The lowest BCUT2D eigenvalue weighted by Gasteiger charge is -2.14. The van der Waals surface area contributed by atoms with Gasteiger partial charge in [0, 0.05) is 23.0 Å². The predicted molar refractivity (Wildman–Crippen MR) is 153 cm³/mol. The Hall–Kier alpha value is -3.17. The number of halogens is 2. The molecule has 3 aromatic carbocycles. The first kappa shape index (κ1) is 28.4. The Morgan fingerprint density at radius 2 is 1.68 bits per heavy atom. The Morgan fingerprint density at radius 1 is 0.946 bits per heavy atom. The molecule has 2 N–H and O–H groups in total. The van der Waals surface area contributed by atoms with Gasteiger partial charge < -0.3 is 14.8 Å². The summed E-state index contributed by atoms with van der Waals surface area (Å²) in [6.45, 7) is 6.62. The summed E-state index contributed by atoms with van der Waals surface area (Å²) >= 11 is 6.97. The van der Waals surface area contributed by atoms with Crippen LogP contribution in [0.25, 0.3) is 0 Å². The third kappa shape index (κ3) is 9.02. The van der Waals surface area contributed by atoms with Gasteiger partial charge in [-0.2, -0.15) is 5.10 Å². The number of nitrogens with one attached hydrogen (secondary N) is 2. The van der Waals surface area contributed by atoms with E-state index in [4.69, 9.17) is 9.47 Å². The van der Waals surface area contributed by atoms with Crippen LogP contribution in [0.1, 0.15) is 42.0 Å². The smallest absolute Gasteiger partial charge is 0.240 e. The highest BCUT2D eigenvalue weighted by molar-refractivity contribution is 9.10. The first-order valence-corrected chi connectivity index (χ1v) is 13.4. The zero-order valence-electron chi connectivity index (χ0n) is 20.9. The summed E-state index contributed by atoms with van der Waals surface area (Å²) in [5.74, 6) is 0.563. The average Bonchev–Trinajstić information content (AvgIpc) is 2.86. The molecule has 37 heavy (non-hydrogen) atoms. The summed E-state index contributed by atoms with van der Waals surface area (Å²) in [6, 6.07) is 17.3. The third-order valence-electron chi connectivity index (χ3n) is 5.28. The van der Waals surface area contributed by atoms with Crippen LogP contribution in [-0.2, 0) is 16.2 Å². The van der Waals surface area contributed by atoms with E-state index in [0.29, 0.717) is 34.7 Å². The molecule has 0 unspecified atom stereocenters. The van der Waals surface area contributed by atoms with Crippen LogP contribution in [0.15, 0.2) is 68.6 Å². The molecule has 3 aromatic rings. The standard InChI is InChI=1S/C28H29Br2N3O4/c1-4-36-25-15-21(14-23(30)28(25)37-17-20-7-9-22(29)10-8-20)16-31-33-27(35)12-11-26(34)32-24-13-18(2)5-6-19(24)3/h5-10,13-16H,4,11-12,17H2,1-3H3,(H,32,34)(H,33,35). The van der Waals surface area contributed by atoms with Gasteiger partial charge in [-0.15, -0.1) is 0 Å². The SMILES string of the molecule is CCOc1cc(C=NNC(=O)CCC(=O)Nc2cc(C)ccc2C)cc(Br)c1OCc1ccc(Br)cc1. The van der Waals surface area contributed by atoms with Gasteiger partial charge in [-0.1, -0.05) is 40.2 Å². The highest BCUT2D eigenvalue weighted by Gasteiger charge is 2.13. The highest BCUT2D eigenvalue weighted by Crippen LogP contribution is 2.37. The number of hydrogen-bond acceptors (Lipinski definition) is 5. The fraction of sp³-hybridized carbons (Fsp3) is 0.250. The molecule has 0 atom stereocenters. The Kier molecular flexibility index (Phi) is 10.7. The van der Waals surface area contributed by atoms with Gasteiger partial charge >= 0.3 is 0 Å². The minimum atomic E-state index is -0.356. The minimum Gasteiger partial charge on any atom is -0.490 e. The molecule has 2 amide bonds. The fourth-order valence-corrected chi connectivity index (χ4v) is 4.19. The van der Waals surface area contributed by atoms with Crippen LogP contribution in [0.5, 0.6) is 11.5 Å². The Labute approximate surface area is 233 Å². The van der Waals surface area contributed by atoms with Gasteiger partial charge in [0.1, 0.15) is 6.61 Å². The van der Waals surface area contributed by atoms with Gasteiger partial charge in [0.2, 0.25) is 11.8 Å². The molecule has 0 aliphatic heterocycles. The van der Waals surface area contributed by atoms with E-state index >= 15 is 0 Å². The van der Waals surface area contributed by atoms with Gasteiger partial charge in [-0.3, -0.25) is 9.59 Å². The van der Waals surface area contributed by atoms with Crippen LogP contribution in [-0.4, -0.2) is 24.6 Å². The molecule has 7 nitrogen and oxygen atoms in total. The van der Waals surface area contributed by atoms with E-state index in [9.17, 15) is 9.59 Å². The van der Waals surface area contributed by atoms with E-state index < -0.39 is 0 Å². The number of nitrogens with zero attached hydrogens (tertiary/aromatic N) is 1. The molecule has 0 aromatic heterocycles. The summed E-state index contributed by atoms with van der Waals surface area (Å²) < 4.78 is 13.5. The van der Waals surface area contributed by atoms with Crippen molar-refractivity contribution in [2.75, 3.05) is 11.9 Å². The van der Waals surface area contributed by atoms with Gasteiger partial charge in [-0.05, 0) is 89.3 Å². The Bertz CT molecular complexity index is 1280. The topological polar surface area (TPSA) is 89.0 Å². The molecule has 0 heterocycles. The molecular formula is C28H29Br2N3O4. The number of aryl methyl sites for hydroxylation is 2. The quantitative estimate of drug-likeness (QED) is 0.183. The van der Waals surface area contributed by atoms with Crippen molar-refractivity contribution in [2.45, 2.75) is 40.2 Å². The molecule has 0 saturated heterocycles. The first-order valence-electron chi connectivity index (χ1n) is 11.8. The second kappa shape index (κ2) is 13.9. The number of rotatable bonds is 11. The van der Waals surface area contributed by atoms with E-state index in [0.717, 1.165) is 26.9 Å². The third-order valence-corrected chi connectivity index (χ3v) is 6.39. The zero-order chi connectivity index (χ0) is 26.8. The molecule has 0 spiro atoms. The van der Waals surface area contributed by atoms with E-state index in [1.165, 1.54) is 6.21 Å². The number of benzene rings is 3. The van der Waals surface area contributed by atoms with Gasteiger partial charge in [0.15, 0.2) is 11.5 Å². The number of hydrazone groups is 1. The zero-order valence-corrected chi connectivity index (χ0v) is 24.1. The number of amides is 2. The summed E-state index contributed by atoms with van der Waals surface area (Å²) in [5, 5.41) is 6.88. The summed E-state index contributed by atoms with van der Waals surface area (Å²) in [7, 11) is 0. The fourth-order valence-electron chi connectivity index (χ4n) is 3.35. The highest BCUT2D eigenvalue weighted by atomic mass is 79.9. The Morgan fingerprint density at radius 3 is 2.41 bits per heavy atom. The number of carbonyl (C=O) groups excluding carboxylic acids is 2. The maximum atomic E-state index is 12.2. The maximum Gasteiger partial charge on any atom is 0.240 e. The lowest BCUT2D eigenvalue weighted by atomic mass is 10.1. The molecule has 9 heteroatoms. The predicted octanol–water partition coefficient (Wildman–Crippen LogP) is 6.68. The molecule has 0 radical (unpaired) electrons. The molecule has 3 rings (SSSR count). The van der Waals surface area contributed by atoms with Gasteiger partial charge in [-0.25, -0.2) is 5.43 Å². The maximum absolute atomic E-state index is 12.2. The summed E-state index contributed by atoms with van der Waals surface area (Å²) in [6.07, 6.45) is 1.59. The second-order valence-corrected chi connectivity index (χ2v) is 10.1. The van der Waals surface area contributed by atoms with E-state index in [1.54, 1.807) is 6.07 Å². The first-order chi connectivity index (χ1) is 17.7. The van der Waals surface area contributed by atoms with Crippen molar-refractivity contribution in [1.82, 2.24) is 5.43 Å². The van der Waals surface area contributed by atoms with E-state index in [-0.39, 0.29) is 24.7 Å². The van der Waals surface area contributed by atoms with Gasteiger partial charge in [0.05, 0.1) is 17.3 Å². The van der Waals surface area contributed by atoms with Crippen LogP contribution in [0.4, 0.5) is 5.69 Å². The number of carbonyl (C=O) groups is 2. The van der Waals surface area contributed by atoms with Crippen LogP contribution >= 0.6 is 31.9 Å². The molecular weight excluding hydrogens is 602 g/mol. The van der Waals surface area contributed by atoms with Crippen molar-refractivity contribution in [1.29, 1.82) is 0 Å². The molecule has 0 fully saturated rings. The molecule has 0 bridgehead atoms. The van der Waals surface area contributed by atoms with E-state index in [1.807, 2.05) is 69.3 Å². The van der Waals surface area contributed by atoms with Crippen molar-refractivity contribution >= 4 is 55.6 Å². The molecule has 0 aliphatic rings. The summed E-state index contributed by atoms with van der Waals surface area (Å²) in [4.78, 5) is 24.4. The molecule has 194 valence electrons. The van der Waals surface area contributed by atoms with Crippen LogP contribution in [0.2, 0.25) is 0 Å². The van der Waals surface area contributed by atoms with Crippen LogP contribution < -0.4 is 20.2 Å². The van der Waals surface area contributed by atoms with Crippen molar-refractivity contribution in [3.63, 3.8) is 0 Å². The normalized spacial score (nSPS) is 10.8. The monoisotopic (exact) mass is 629 g/mol. The lowest BCUT2D eigenvalue weighted by Crippen LogP contribution is -2.21. The number of anilines is 1.